The first-order chi connectivity index (χ1) is 16.0. The van der Waals surface area contributed by atoms with Crippen LogP contribution in [0.2, 0.25) is 0 Å². The Kier molecular flexibility index (Phi) is 7.40. The Balaban J connectivity index is 1.64. The van der Waals surface area contributed by atoms with E-state index in [4.69, 9.17) is 9.47 Å². The van der Waals surface area contributed by atoms with Gasteiger partial charge in [0.05, 0.1) is 29.1 Å². The second-order valence-corrected chi connectivity index (χ2v) is 10.1. The minimum Gasteiger partial charge on any atom is -0.390 e. The Morgan fingerprint density at radius 1 is 0.758 bits per heavy atom. The molecule has 1 N–H and O–H groups in total. The molecule has 0 spiro atoms. The zero-order valence-electron chi connectivity index (χ0n) is 18.4. The highest BCUT2D eigenvalue weighted by Gasteiger charge is 2.43. The zero-order valence-corrected chi connectivity index (χ0v) is 19.3. The molecule has 33 heavy (non-hydrogen) atoms. The molecule has 3 aromatic carbocycles. The predicted molar refractivity (Wildman–Crippen MR) is 127 cm³/mol. The van der Waals surface area contributed by atoms with E-state index in [9.17, 15) is 13.5 Å². The van der Waals surface area contributed by atoms with E-state index in [1.54, 1.807) is 43.3 Å². The maximum absolute atomic E-state index is 13.4. The quantitative estimate of drug-likeness (QED) is 0.530. The van der Waals surface area contributed by atoms with Gasteiger partial charge in [-0.2, -0.15) is 0 Å². The Labute approximate surface area is 195 Å². The fourth-order valence-corrected chi connectivity index (χ4v) is 5.73. The first kappa shape index (κ1) is 23.4. The number of rotatable bonds is 8. The fraction of sp³-hybridized carbons (Fsp3) is 0.259. The lowest BCUT2D eigenvalue weighted by atomic mass is 9.89. The van der Waals surface area contributed by atoms with Gasteiger partial charge >= 0.3 is 0 Å². The van der Waals surface area contributed by atoms with Crippen LogP contribution in [0.5, 0.6) is 0 Å². The van der Waals surface area contributed by atoms with E-state index >= 15 is 0 Å². The van der Waals surface area contributed by atoms with Crippen LogP contribution < -0.4 is 0 Å². The molecular weight excluding hydrogens is 436 g/mol. The maximum Gasteiger partial charge on any atom is 0.202 e. The summed E-state index contributed by atoms with van der Waals surface area (Å²) in [5.74, 6) is -0.646. The average Bonchev–Trinajstić information content (AvgIpc) is 2.85. The third kappa shape index (κ3) is 5.42. The molecule has 0 amide bonds. The third-order valence-electron chi connectivity index (χ3n) is 5.88. The highest BCUT2D eigenvalue weighted by molar-refractivity contribution is 7.95. The molecule has 4 atom stereocenters. The number of benzene rings is 3. The van der Waals surface area contributed by atoms with Gasteiger partial charge in [-0.3, -0.25) is 0 Å². The van der Waals surface area contributed by atoms with Crippen LogP contribution in [-0.4, -0.2) is 31.8 Å². The van der Waals surface area contributed by atoms with Gasteiger partial charge in [-0.15, -0.1) is 0 Å². The van der Waals surface area contributed by atoms with Crippen molar-refractivity contribution in [2.24, 2.45) is 5.92 Å². The molecule has 1 aliphatic rings. The molecule has 3 aromatic rings. The molecule has 6 heteroatoms. The van der Waals surface area contributed by atoms with Gasteiger partial charge in [0.25, 0.3) is 0 Å². The van der Waals surface area contributed by atoms with E-state index < -0.39 is 34.1 Å². The highest BCUT2D eigenvalue weighted by atomic mass is 32.2. The van der Waals surface area contributed by atoms with Crippen LogP contribution in [-0.2, 0) is 32.5 Å². The summed E-state index contributed by atoms with van der Waals surface area (Å²) in [4.78, 5) is 0.347. The average molecular weight is 465 g/mol. The summed E-state index contributed by atoms with van der Waals surface area (Å²) in [6.45, 7) is 2.27. The summed E-state index contributed by atoms with van der Waals surface area (Å²) in [5, 5.41) is 11.2. The first-order valence-corrected chi connectivity index (χ1v) is 12.5. The fourth-order valence-electron chi connectivity index (χ4n) is 4.00. The number of hydrogen-bond donors (Lipinski definition) is 1. The lowest BCUT2D eigenvalue weighted by molar-refractivity contribution is -0.130. The van der Waals surface area contributed by atoms with Crippen molar-refractivity contribution in [3.63, 3.8) is 0 Å². The van der Waals surface area contributed by atoms with Crippen LogP contribution in [0.3, 0.4) is 0 Å². The normalized spacial score (nSPS) is 23.2. The van der Waals surface area contributed by atoms with E-state index in [1.807, 2.05) is 60.7 Å². The van der Waals surface area contributed by atoms with E-state index in [2.05, 4.69) is 0 Å². The van der Waals surface area contributed by atoms with Crippen molar-refractivity contribution in [3.8, 4) is 0 Å². The van der Waals surface area contributed by atoms with Crippen LogP contribution in [0.25, 0.3) is 0 Å². The minimum absolute atomic E-state index is 0.152. The minimum atomic E-state index is -3.78. The monoisotopic (exact) mass is 464 g/mol. The van der Waals surface area contributed by atoms with E-state index in [1.165, 1.54) is 0 Å². The van der Waals surface area contributed by atoms with Gasteiger partial charge in [-0.1, -0.05) is 85.8 Å². The summed E-state index contributed by atoms with van der Waals surface area (Å²) >= 11 is 0. The van der Waals surface area contributed by atoms with Gasteiger partial charge in [0.2, 0.25) is 9.84 Å². The number of aliphatic hydroxyl groups excluding tert-OH is 1. The molecule has 0 saturated heterocycles. The second kappa shape index (κ2) is 10.4. The van der Waals surface area contributed by atoms with Crippen LogP contribution >= 0.6 is 0 Å². The van der Waals surface area contributed by atoms with Crippen LogP contribution in [0.1, 0.15) is 18.1 Å². The standard InChI is InChI=1S/C27H28O5S/c1-20-25(33(29,30)23-15-9-4-10-16-23)17-24(31-18-21-11-5-2-6-12-21)27(26(20)28)32-19-22-13-7-3-8-14-22/h2-17,20,24,26-28H,18-19H2,1H3/t20-,24+,26-,27+/m0/s1. The summed E-state index contributed by atoms with van der Waals surface area (Å²) in [6, 6.07) is 27.6. The molecule has 0 radical (unpaired) electrons. The van der Waals surface area contributed by atoms with Crippen molar-refractivity contribution in [2.45, 2.75) is 43.3 Å². The van der Waals surface area contributed by atoms with Crippen LogP contribution in [0, 0.1) is 5.92 Å². The SMILES string of the molecule is C[C@H]1C(S(=O)(=O)c2ccccc2)=C[C@@H](OCc2ccccc2)[C@@H](OCc2ccccc2)[C@H]1O. The summed E-state index contributed by atoms with van der Waals surface area (Å²) in [7, 11) is -3.78. The molecular formula is C27H28O5S. The molecule has 0 unspecified atom stereocenters. The predicted octanol–water partition coefficient (Wildman–Crippen LogP) is 4.53. The van der Waals surface area contributed by atoms with Gasteiger partial charge in [-0.05, 0) is 29.3 Å². The molecule has 0 saturated carbocycles. The van der Waals surface area contributed by atoms with Crippen LogP contribution in [0.4, 0.5) is 0 Å². The third-order valence-corrected chi connectivity index (χ3v) is 7.91. The van der Waals surface area contributed by atoms with E-state index in [0.29, 0.717) is 0 Å². The molecule has 0 heterocycles. The molecule has 4 rings (SSSR count). The smallest absolute Gasteiger partial charge is 0.202 e. The molecule has 172 valence electrons. The molecule has 1 aliphatic carbocycles. The number of hydrogen-bond acceptors (Lipinski definition) is 5. The lowest BCUT2D eigenvalue weighted by Crippen LogP contribution is -2.48. The van der Waals surface area contributed by atoms with Gasteiger partial charge in [-0.25, -0.2) is 8.42 Å². The largest absolute Gasteiger partial charge is 0.390 e. The van der Waals surface area contributed by atoms with E-state index in [0.717, 1.165) is 11.1 Å². The summed E-state index contributed by atoms with van der Waals surface area (Å²) < 4.78 is 39.0. The number of aliphatic hydroxyl groups is 1. The second-order valence-electron chi connectivity index (χ2n) is 8.19. The Morgan fingerprint density at radius 3 is 1.79 bits per heavy atom. The van der Waals surface area contributed by atoms with Gasteiger partial charge < -0.3 is 14.6 Å². The molecule has 5 nitrogen and oxygen atoms in total. The van der Waals surface area contributed by atoms with Crippen molar-refractivity contribution >= 4 is 9.84 Å². The topological polar surface area (TPSA) is 72.8 Å². The van der Waals surface area contributed by atoms with Gasteiger partial charge in [0.15, 0.2) is 0 Å². The first-order valence-electron chi connectivity index (χ1n) is 11.0. The Morgan fingerprint density at radius 2 is 1.24 bits per heavy atom. The maximum atomic E-state index is 13.4. The highest BCUT2D eigenvalue weighted by Crippen LogP contribution is 2.36. The number of sulfone groups is 1. The van der Waals surface area contributed by atoms with Gasteiger partial charge in [0, 0.05) is 5.92 Å². The van der Waals surface area contributed by atoms with Crippen molar-refractivity contribution in [1.29, 1.82) is 0 Å². The van der Waals surface area contributed by atoms with Crippen molar-refractivity contribution in [2.75, 3.05) is 0 Å². The zero-order chi connectivity index (χ0) is 23.3. The molecule has 0 aliphatic heterocycles. The number of ether oxygens (including phenoxy) is 2. The molecule has 0 aromatic heterocycles. The van der Waals surface area contributed by atoms with Crippen LogP contribution in [0.15, 0.2) is 107 Å². The molecule has 0 bridgehead atoms. The molecule has 0 fully saturated rings. The van der Waals surface area contributed by atoms with Crippen molar-refractivity contribution < 1.29 is 23.0 Å². The summed E-state index contributed by atoms with van der Waals surface area (Å²) in [6.07, 6.45) is -0.876. The Hall–Kier alpha value is -2.77. The van der Waals surface area contributed by atoms with Gasteiger partial charge in [0.1, 0.15) is 12.2 Å². The Bertz CT molecular complexity index is 1160. The van der Waals surface area contributed by atoms with Crippen molar-refractivity contribution in [3.05, 3.63) is 113 Å². The lowest BCUT2D eigenvalue weighted by Gasteiger charge is -2.38. The summed E-state index contributed by atoms with van der Waals surface area (Å²) in [5.41, 5.74) is 1.92. The van der Waals surface area contributed by atoms with Crippen molar-refractivity contribution in [1.82, 2.24) is 0 Å². The van der Waals surface area contributed by atoms with E-state index in [-0.39, 0.29) is 23.0 Å².